The maximum absolute atomic E-state index is 11.5. The van der Waals surface area contributed by atoms with Gasteiger partial charge in [0.2, 0.25) is 0 Å². The van der Waals surface area contributed by atoms with Gasteiger partial charge in [0.1, 0.15) is 9.84 Å². The molecule has 1 saturated heterocycles. The van der Waals surface area contributed by atoms with E-state index in [1.807, 2.05) is 6.92 Å². The second-order valence-corrected chi connectivity index (χ2v) is 6.94. The number of hydrogen-bond donors (Lipinski definition) is 0. The van der Waals surface area contributed by atoms with Crippen LogP contribution < -0.4 is 0 Å². The van der Waals surface area contributed by atoms with E-state index in [4.69, 9.17) is 16.3 Å². The molecule has 0 aromatic heterocycles. The Kier molecular flexibility index (Phi) is 5.36. The molecule has 5 heteroatoms. The van der Waals surface area contributed by atoms with Gasteiger partial charge in [-0.2, -0.15) is 0 Å². The molecule has 0 amide bonds. The lowest BCUT2D eigenvalue weighted by Gasteiger charge is -2.26. The molecule has 2 unspecified atom stereocenters. The highest BCUT2D eigenvalue weighted by Crippen LogP contribution is 2.23. The molecule has 0 radical (unpaired) electrons. The molecule has 15 heavy (non-hydrogen) atoms. The first kappa shape index (κ1) is 13.3. The van der Waals surface area contributed by atoms with E-state index in [2.05, 4.69) is 0 Å². The van der Waals surface area contributed by atoms with E-state index < -0.39 is 9.84 Å². The molecule has 0 saturated carbocycles. The van der Waals surface area contributed by atoms with Crippen molar-refractivity contribution in [3.8, 4) is 0 Å². The van der Waals surface area contributed by atoms with Gasteiger partial charge >= 0.3 is 0 Å². The van der Waals surface area contributed by atoms with E-state index in [1.165, 1.54) is 0 Å². The Hall–Kier alpha value is 0.200. The summed E-state index contributed by atoms with van der Waals surface area (Å²) in [5.74, 6) is 0.734. The van der Waals surface area contributed by atoms with Crippen LogP contribution in [0.25, 0.3) is 0 Å². The summed E-state index contributed by atoms with van der Waals surface area (Å²) in [5, 5.41) is 0.0792. The van der Waals surface area contributed by atoms with Gasteiger partial charge in [0.15, 0.2) is 0 Å². The number of alkyl halides is 1. The largest absolute Gasteiger partial charge is 0.381 e. The van der Waals surface area contributed by atoms with Crippen molar-refractivity contribution >= 4 is 21.4 Å². The van der Waals surface area contributed by atoms with Gasteiger partial charge in [-0.1, -0.05) is 6.92 Å². The van der Waals surface area contributed by atoms with Gasteiger partial charge in [-0.3, -0.25) is 0 Å². The Bertz CT molecular complexity index is 276. The number of rotatable bonds is 5. The van der Waals surface area contributed by atoms with Crippen molar-refractivity contribution < 1.29 is 13.2 Å². The Morgan fingerprint density at radius 2 is 2.13 bits per heavy atom. The molecule has 0 spiro atoms. The third kappa shape index (κ3) is 4.70. The second-order valence-electron chi connectivity index (χ2n) is 4.08. The summed E-state index contributed by atoms with van der Waals surface area (Å²) in [6.07, 6.45) is 2.16. The smallest absolute Gasteiger partial charge is 0.150 e. The molecule has 2 atom stereocenters. The fourth-order valence-corrected chi connectivity index (χ4v) is 3.55. The average molecular weight is 255 g/mol. The van der Waals surface area contributed by atoms with Crippen molar-refractivity contribution in [3.63, 3.8) is 0 Å². The van der Waals surface area contributed by atoms with E-state index in [1.54, 1.807) is 0 Å². The molecule has 3 nitrogen and oxygen atoms in total. The molecule has 1 heterocycles. The van der Waals surface area contributed by atoms with Crippen LogP contribution in [0.15, 0.2) is 0 Å². The summed E-state index contributed by atoms with van der Waals surface area (Å²) in [6.45, 7) is 3.19. The molecule has 0 aliphatic carbocycles. The van der Waals surface area contributed by atoms with Crippen LogP contribution in [0.2, 0.25) is 0 Å². The van der Waals surface area contributed by atoms with Crippen LogP contribution in [0.3, 0.4) is 0 Å². The van der Waals surface area contributed by atoms with E-state index in [0.29, 0.717) is 26.1 Å². The van der Waals surface area contributed by atoms with Crippen LogP contribution in [-0.4, -0.2) is 38.5 Å². The van der Waals surface area contributed by atoms with Crippen LogP contribution in [0.1, 0.15) is 26.2 Å². The minimum atomic E-state index is -2.87. The molecule has 0 aromatic rings. The van der Waals surface area contributed by atoms with E-state index in [-0.39, 0.29) is 22.8 Å². The van der Waals surface area contributed by atoms with Gasteiger partial charge in [-0.25, -0.2) is 8.42 Å². The first-order valence-electron chi connectivity index (χ1n) is 5.47. The van der Waals surface area contributed by atoms with Crippen molar-refractivity contribution in [1.82, 2.24) is 0 Å². The highest BCUT2D eigenvalue weighted by molar-refractivity contribution is 7.91. The third-order valence-electron chi connectivity index (χ3n) is 2.70. The Morgan fingerprint density at radius 1 is 1.40 bits per heavy atom. The number of halogens is 1. The lowest BCUT2D eigenvalue weighted by Crippen LogP contribution is -2.30. The van der Waals surface area contributed by atoms with Crippen LogP contribution in [0.5, 0.6) is 0 Å². The van der Waals surface area contributed by atoms with Gasteiger partial charge in [0.05, 0.1) is 12.4 Å². The van der Waals surface area contributed by atoms with E-state index in [0.717, 1.165) is 6.42 Å². The zero-order valence-corrected chi connectivity index (χ0v) is 10.7. The zero-order chi connectivity index (χ0) is 11.3. The number of ether oxygens (including phenoxy) is 1. The quantitative estimate of drug-likeness (QED) is 0.704. The van der Waals surface area contributed by atoms with E-state index >= 15 is 0 Å². The molecule has 1 aliphatic heterocycles. The molecule has 1 rings (SSSR count). The molecule has 90 valence electrons. The van der Waals surface area contributed by atoms with Gasteiger partial charge in [0, 0.05) is 17.7 Å². The average Bonchev–Trinajstić information content (AvgIpc) is 2.16. The maximum atomic E-state index is 11.5. The highest BCUT2D eigenvalue weighted by atomic mass is 35.5. The van der Waals surface area contributed by atoms with Gasteiger partial charge in [-0.15, -0.1) is 11.6 Å². The number of hydrogen-bond acceptors (Lipinski definition) is 3. The Balaban J connectivity index is 2.35. The van der Waals surface area contributed by atoms with E-state index in [9.17, 15) is 8.42 Å². The standard InChI is InChI=1S/C10H19ClO3S/c1-2-6-15(12,13)7-4-9-8-14-5-3-10(9)11/h9-10H,2-8H2,1H3. The fraction of sp³-hybridized carbons (Fsp3) is 1.00. The maximum Gasteiger partial charge on any atom is 0.150 e. The van der Waals surface area contributed by atoms with Crippen LogP contribution in [0, 0.1) is 5.92 Å². The summed E-state index contributed by atoms with van der Waals surface area (Å²) in [4.78, 5) is 0. The Labute approximate surface area is 97.1 Å². The zero-order valence-electron chi connectivity index (χ0n) is 9.12. The van der Waals surface area contributed by atoms with Gasteiger partial charge in [0.25, 0.3) is 0 Å². The van der Waals surface area contributed by atoms with Crippen molar-refractivity contribution in [2.24, 2.45) is 5.92 Å². The predicted octanol–water partition coefficient (Wildman–Crippen LogP) is 1.85. The third-order valence-corrected chi connectivity index (χ3v) is 5.16. The molecule has 1 fully saturated rings. The summed E-state index contributed by atoms with van der Waals surface area (Å²) in [5.41, 5.74) is 0. The lowest BCUT2D eigenvalue weighted by atomic mass is 9.99. The fourth-order valence-electron chi connectivity index (χ4n) is 1.78. The summed E-state index contributed by atoms with van der Waals surface area (Å²) < 4.78 is 28.3. The molecule has 0 bridgehead atoms. The van der Waals surface area contributed by atoms with Crippen molar-refractivity contribution in [1.29, 1.82) is 0 Å². The Morgan fingerprint density at radius 3 is 2.73 bits per heavy atom. The minimum absolute atomic E-state index is 0.0792. The molecule has 1 aliphatic rings. The molecule has 0 aromatic carbocycles. The van der Waals surface area contributed by atoms with Crippen molar-refractivity contribution in [2.45, 2.75) is 31.6 Å². The topological polar surface area (TPSA) is 43.4 Å². The lowest BCUT2D eigenvalue weighted by molar-refractivity contribution is 0.0566. The molecule has 0 N–H and O–H groups in total. The van der Waals surface area contributed by atoms with Gasteiger partial charge < -0.3 is 4.74 Å². The van der Waals surface area contributed by atoms with Gasteiger partial charge in [-0.05, 0) is 25.2 Å². The molecular formula is C10H19ClO3S. The predicted molar refractivity (Wildman–Crippen MR) is 62.1 cm³/mol. The van der Waals surface area contributed by atoms with Crippen molar-refractivity contribution in [2.75, 3.05) is 24.7 Å². The van der Waals surface area contributed by atoms with Crippen LogP contribution >= 0.6 is 11.6 Å². The first-order chi connectivity index (χ1) is 7.05. The summed E-state index contributed by atoms with van der Waals surface area (Å²) >= 11 is 6.11. The minimum Gasteiger partial charge on any atom is -0.381 e. The second kappa shape index (κ2) is 6.06. The van der Waals surface area contributed by atoms with Crippen LogP contribution in [-0.2, 0) is 14.6 Å². The van der Waals surface area contributed by atoms with Crippen molar-refractivity contribution in [3.05, 3.63) is 0 Å². The monoisotopic (exact) mass is 254 g/mol. The summed E-state index contributed by atoms with van der Waals surface area (Å²) in [6, 6.07) is 0. The first-order valence-corrected chi connectivity index (χ1v) is 7.73. The summed E-state index contributed by atoms with van der Waals surface area (Å²) in [7, 11) is -2.87. The van der Waals surface area contributed by atoms with Crippen LogP contribution in [0.4, 0.5) is 0 Å². The highest BCUT2D eigenvalue weighted by Gasteiger charge is 2.25. The number of sulfone groups is 1. The SMILES string of the molecule is CCCS(=O)(=O)CCC1COCCC1Cl. The normalized spacial score (nSPS) is 27.9. The molecular weight excluding hydrogens is 236 g/mol.